The molecule has 0 saturated carbocycles. The number of amides is 1. The Bertz CT molecular complexity index is 1290. The van der Waals surface area contributed by atoms with Crippen LogP contribution in [0.4, 0.5) is 11.4 Å². The Balaban J connectivity index is 1.55. The number of nitro groups is 1. The number of benzene rings is 3. The first-order valence-corrected chi connectivity index (χ1v) is 9.68. The van der Waals surface area contributed by atoms with E-state index in [0.29, 0.717) is 23.3 Å². The third-order valence-electron chi connectivity index (χ3n) is 4.42. The van der Waals surface area contributed by atoms with Gasteiger partial charge < -0.3 is 10.1 Å². The van der Waals surface area contributed by atoms with Crippen LogP contribution in [0.5, 0.6) is 5.75 Å². The fourth-order valence-corrected chi connectivity index (χ4v) is 3.21. The van der Waals surface area contributed by atoms with Gasteiger partial charge in [-0.05, 0) is 55.5 Å². The highest BCUT2D eigenvalue weighted by atomic mass is 35.5. The zero-order chi connectivity index (χ0) is 22.0. The van der Waals surface area contributed by atoms with Gasteiger partial charge in [0.2, 0.25) is 0 Å². The van der Waals surface area contributed by atoms with Gasteiger partial charge in [-0.2, -0.15) is 4.80 Å². The third kappa shape index (κ3) is 4.31. The Kier molecular flexibility index (Phi) is 5.50. The van der Waals surface area contributed by atoms with E-state index in [1.54, 1.807) is 18.2 Å². The van der Waals surface area contributed by atoms with Crippen molar-refractivity contribution in [2.45, 2.75) is 6.92 Å². The molecule has 0 aliphatic carbocycles. The van der Waals surface area contributed by atoms with Gasteiger partial charge >= 0.3 is 0 Å². The van der Waals surface area contributed by atoms with E-state index in [1.807, 2.05) is 31.2 Å². The predicted molar refractivity (Wildman–Crippen MR) is 116 cm³/mol. The summed E-state index contributed by atoms with van der Waals surface area (Å²) in [5.74, 6) is 0.274. The lowest BCUT2D eigenvalue weighted by atomic mass is 10.2. The number of halogens is 1. The van der Waals surface area contributed by atoms with E-state index in [0.717, 1.165) is 17.5 Å². The zero-order valence-corrected chi connectivity index (χ0v) is 17.0. The van der Waals surface area contributed by atoms with Crippen molar-refractivity contribution in [1.29, 1.82) is 0 Å². The lowest BCUT2D eigenvalue weighted by Gasteiger charge is -2.06. The Morgan fingerprint density at radius 3 is 2.52 bits per heavy atom. The second-order valence-electron chi connectivity index (χ2n) is 6.50. The number of hydrogen-bond donors (Lipinski definition) is 1. The first-order chi connectivity index (χ1) is 14.9. The topological polar surface area (TPSA) is 112 Å². The normalized spacial score (nSPS) is 10.8. The number of rotatable bonds is 6. The molecule has 0 spiro atoms. The maximum Gasteiger partial charge on any atom is 0.270 e. The maximum atomic E-state index is 12.5. The number of carbonyl (C=O) groups is 1. The van der Waals surface area contributed by atoms with E-state index in [2.05, 4.69) is 15.5 Å². The van der Waals surface area contributed by atoms with E-state index in [-0.39, 0.29) is 16.3 Å². The van der Waals surface area contributed by atoms with Crippen LogP contribution in [0, 0.1) is 10.1 Å². The van der Waals surface area contributed by atoms with Gasteiger partial charge in [0.15, 0.2) is 0 Å². The van der Waals surface area contributed by atoms with E-state index in [9.17, 15) is 14.9 Å². The molecule has 1 amide bonds. The van der Waals surface area contributed by atoms with Crippen LogP contribution < -0.4 is 10.1 Å². The first kappa shape index (κ1) is 20.3. The Hall–Kier alpha value is -3.98. The minimum Gasteiger partial charge on any atom is -0.494 e. The maximum absolute atomic E-state index is 12.5. The van der Waals surface area contributed by atoms with E-state index < -0.39 is 10.8 Å². The number of nitrogens with zero attached hydrogens (tertiary/aromatic N) is 4. The molecule has 0 atom stereocenters. The van der Waals surface area contributed by atoms with Crippen molar-refractivity contribution in [2.75, 3.05) is 11.9 Å². The van der Waals surface area contributed by atoms with Gasteiger partial charge in [-0.1, -0.05) is 11.6 Å². The number of non-ortho nitro benzene ring substituents is 1. The van der Waals surface area contributed by atoms with Crippen molar-refractivity contribution in [1.82, 2.24) is 15.0 Å². The van der Waals surface area contributed by atoms with E-state index >= 15 is 0 Å². The molecule has 0 bridgehead atoms. The van der Waals surface area contributed by atoms with Gasteiger partial charge in [-0.25, -0.2) is 0 Å². The second-order valence-corrected chi connectivity index (χ2v) is 6.90. The smallest absolute Gasteiger partial charge is 0.270 e. The van der Waals surface area contributed by atoms with Crippen molar-refractivity contribution in [3.8, 4) is 11.4 Å². The molecule has 1 heterocycles. The molecule has 0 aliphatic rings. The molecular weight excluding hydrogens is 422 g/mol. The first-order valence-electron chi connectivity index (χ1n) is 9.30. The monoisotopic (exact) mass is 437 g/mol. The fourth-order valence-electron chi connectivity index (χ4n) is 2.95. The fraction of sp³-hybridized carbons (Fsp3) is 0.0952. The molecule has 1 N–H and O–H groups in total. The molecule has 156 valence electrons. The van der Waals surface area contributed by atoms with Crippen molar-refractivity contribution in [2.24, 2.45) is 0 Å². The number of carbonyl (C=O) groups excluding carboxylic acids is 1. The number of anilines is 1. The van der Waals surface area contributed by atoms with Gasteiger partial charge in [0.1, 0.15) is 16.8 Å². The lowest BCUT2D eigenvalue weighted by molar-refractivity contribution is -0.384. The summed E-state index contributed by atoms with van der Waals surface area (Å²) in [5, 5.41) is 22.4. The van der Waals surface area contributed by atoms with Gasteiger partial charge in [0.25, 0.3) is 11.6 Å². The van der Waals surface area contributed by atoms with Crippen LogP contribution in [0.25, 0.3) is 16.7 Å². The summed E-state index contributed by atoms with van der Waals surface area (Å²) in [6, 6.07) is 16.2. The Morgan fingerprint density at radius 1 is 1.10 bits per heavy atom. The highest BCUT2D eigenvalue weighted by Crippen LogP contribution is 2.24. The molecule has 0 radical (unpaired) electrons. The number of nitro benzene ring substituents is 1. The predicted octanol–water partition coefficient (Wildman–Crippen LogP) is 4.63. The SMILES string of the molecule is CCOc1ccc(-n2nc3ccc(NC(=O)c4ccc([N+](=O)[O-])cc4Cl)cc3n2)cc1. The third-order valence-corrected chi connectivity index (χ3v) is 4.74. The van der Waals surface area contributed by atoms with Crippen molar-refractivity contribution in [3.63, 3.8) is 0 Å². The Labute approximate surface area is 181 Å². The standard InChI is InChI=1S/C21H16ClN5O4/c1-2-31-16-7-4-14(5-8-16)26-24-19-10-3-13(11-20(19)25-26)23-21(28)17-9-6-15(27(29)30)12-18(17)22/h3-12H,2H2,1H3,(H,23,28). The number of aromatic nitrogens is 3. The zero-order valence-electron chi connectivity index (χ0n) is 16.3. The largest absolute Gasteiger partial charge is 0.494 e. The summed E-state index contributed by atoms with van der Waals surface area (Å²) in [5.41, 5.74) is 2.44. The summed E-state index contributed by atoms with van der Waals surface area (Å²) >= 11 is 6.03. The average molecular weight is 438 g/mol. The van der Waals surface area contributed by atoms with E-state index in [4.69, 9.17) is 16.3 Å². The molecule has 0 saturated heterocycles. The second kappa shape index (κ2) is 8.41. The number of hydrogen-bond acceptors (Lipinski definition) is 6. The van der Waals surface area contributed by atoms with Gasteiger partial charge in [-0.15, -0.1) is 10.2 Å². The van der Waals surface area contributed by atoms with Crippen LogP contribution in [0.2, 0.25) is 5.02 Å². The van der Waals surface area contributed by atoms with Crippen molar-refractivity contribution >= 4 is 39.9 Å². The molecule has 1 aromatic heterocycles. The summed E-state index contributed by atoms with van der Waals surface area (Å²) in [4.78, 5) is 24.3. The molecule has 31 heavy (non-hydrogen) atoms. The summed E-state index contributed by atoms with van der Waals surface area (Å²) in [7, 11) is 0. The van der Waals surface area contributed by atoms with Crippen LogP contribution in [0.3, 0.4) is 0 Å². The minimum absolute atomic E-state index is 0.00535. The quantitative estimate of drug-likeness (QED) is 0.347. The molecule has 4 aromatic rings. The molecule has 4 rings (SSSR count). The van der Waals surface area contributed by atoms with Crippen LogP contribution in [-0.4, -0.2) is 32.4 Å². The highest BCUT2D eigenvalue weighted by molar-refractivity contribution is 6.34. The van der Waals surface area contributed by atoms with Crippen molar-refractivity contribution in [3.05, 3.63) is 81.4 Å². The molecule has 10 heteroatoms. The van der Waals surface area contributed by atoms with Crippen LogP contribution in [0.1, 0.15) is 17.3 Å². The molecule has 0 fully saturated rings. The summed E-state index contributed by atoms with van der Waals surface area (Å²) < 4.78 is 5.44. The van der Waals surface area contributed by atoms with Crippen LogP contribution in [0.15, 0.2) is 60.7 Å². The summed E-state index contributed by atoms with van der Waals surface area (Å²) in [6.07, 6.45) is 0. The molecule has 3 aromatic carbocycles. The van der Waals surface area contributed by atoms with Crippen molar-refractivity contribution < 1.29 is 14.5 Å². The lowest BCUT2D eigenvalue weighted by Crippen LogP contribution is -2.12. The molecule has 0 aliphatic heterocycles. The number of fused-ring (bicyclic) bond motifs is 1. The van der Waals surface area contributed by atoms with Gasteiger partial charge in [-0.3, -0.25) is 14.9 Å². The Morgan fingerprint density at radius 2 is 1.84 bits per heavy atom. The van der Waals surface area contributed by atoms with E-state index in [1.165, 1.54) is 16.9 Å². The van der Waals surface area contributed by atoms with Gasteiger partial charge in [0, 0.05) is 17.8 Å². The summed E-state index contributed by atoms with van der Waals surface area (Å²) in [6.45, 7) is 2.50. The molecule has 9 nitrogen and oxygen atoms in total. The van der Waals surface area contributed by atoms with Crippen LogP contribution >= 0.6 is 11.6 Å². The number of ether oxygens (including phenoxy) is 1. The van der Waals surface area contributed by atoms with Crippen LogP contribution in [-0.2, 0) is 0 Å². The van der Waals surface area contributed by atoms with Gasteiger partial charge in [0.05, 0.1) is 27.8 Å². The minimum atomic E-state index is -0.574. The average Bonchev–Trinajstić information content (AvgIpc) is 3.17. The molecule has 0 unspecified atom stereocenters. The highest BCUT2D eigenvalue weighted by Gasteiger charge is 2.16. The number of nitrogens with one attached hydrogen (secondary N) is 1. The molecular formula is C21H16ClN5O4.